The van der Waals surface area contributed by atoms with Crippen LogP contribution < -0.4 is 0 Å². The van der Waals surface area contributed by atoms with E-state index >= 15 is 0 Å². The van der Waals surface area contributed by atoms with E-state index < -0.39 is 27.3 Å². The summed E-state index contributed by atoms with van der Waals surface area (Å²) in [7, 11) is -3.80. The number of hydrogen-bond donors (Lipinski definition) is 3. The van der Waals surface area contributed by atoms with Crippen LogP contribution in [0.5, 0.6) is 0 Å². The van der Waals surface area contributed by atoms with Gasteiger partial charge >= 0.3 is 5.97 Å². The topological polar surface area (TPSA) is 125 Å². The number of benzene rings is 1. The minimum absolute atomic E-state index is 0.0553. The summed E-state index contributed by atoms with van der Waals surface area (Å²) >= 11 is 0. The maximum atomic E-state index is 12.3. The van der Waals surface area contributed by atoms with Crippen molar-refractivity contribution in [2.45, 2.75) is 9.92 Å². The monoisotopic (exact) mass is 321 g/mol. The van der Waals surface area contributed by atoms with Gasteiger partial charge in [-0.05, 0) is 24.3 Å². The fourth-order valence-corrected chi connectivity index (χ4v) is 2.93. The number of nitrogens with one attached hydrogen (secondary N) is 1. The number of sulfone groups is 1. The third kappa shape index (κ3) is 3.07. The van der Waals surface area contributed by atoms with Crippen molar-refractivity contribution in [1.29, 1.82) is 0 Å². The van der Waals surface area contributed by atoms with E-state index in [9.17, 15) is 18.0 Å². The second-order valence-corrected chi connectivity index (χ2v) is 6.17. The highest BCUT2D eigenvalue weighted by Gasteiger charge is 2.20. The van der Waals surface area contributed by atoms with Gasteiger partial charge in [-0.25, -0.2) is 13.2 Å². The van der Waals surface area contributed by atoms with Crippen molar-refractivity contribution >= 4 is 21.6 Å². The van der Waals surface area contributed by atoms with Gasteiger partial charge in [-0.15, -0.1) is 0 Å². The summed E-state index contributed by atoms with van der Waals surface area (Å²) in [6.45, 7) is 0. The molecule has 2 aromatic rings. The highest BCUT2D eigenvalue weighted by molar-refractivity contribution is 7.91. The van der Waals surface area contributed by atoms with Gasteiger partial charge in [0, 0.05) is 6.08 Å². The molecule has 1 aromatic heterocycles. The zero-order valence-corrected chi connectivity index (χ0v) is 11.9. The van der Waals surface area contributed by atoms with E-state index in [-0.39, 0.29) is 15.6 Å². The number of aliphatic hydroxyl groups is 1. The van der Waals surface area contributed by atoms with Crippen LogP contribution in [0.4, 0.5) is 0 Å². The summed E-state index contributed by atoms with van der Waals surface area (Å²) < 4.78 is 24.6. The predicted molar refractivity (Wildman–Crippen MR) is 75.4 cm³/mol. The number of aliphatic hydroxyl groups excluding tert-OH is 1. The van der Waals surface area contributed by atoms with Crippen molar-refractivity contribution in [2.75, 3.05) is 0 Å². The lowest BCUT2D eigenvalue weighted by Gasteiger charge is -2.01. The Morgan fingerprint density at radius 2 is 1.64 bits per heavy atom. The highest BCUT2D eigenvalue weighted by Crippen LogP contribution is 2.20. The third-order valence-corrected chi connectivity index (χ3v) is 4.46. The maximum Gasteiger partial charge on any atom is 0.371 e. The smallest absolute Gasteiger partial charge is 0.371 e. The van der Waals surface area contributed by atoms with Gasteiger partial charge in [0.1, 0.15) is 5.03 Å². The van der Waals surface area contributed by atoms with Crippen molar-refractivity contribution in [1.82, 2.24) is 4.98 Å². The van der Waals surface area contributed by atoms with Crippen LogP contribution in [0.1, 0.15) is 10.5 Å². The summed E-state index contributed by atoms with van der Waals surface area (Å²) in [5.74, 6) is -3.64. The molecule has 0 amide bonds. The Morgan fingerprint density at radius 1 is 1.00 bits per heavy atom. The standard InChI is InChI=1S/C14H11NO6S/c16-11(8-12(17)14(18)19)10-6-7-13(15-10)22(20,21)9-4-2-1-3-5-9/h1-8,15,17H,(H,18,19)/b12-8-. The predicted octanol–water partition coefficient (Wildman–Crippen LogP) is 1.56. The van der Waals surface area contributed by atoms with Crippen LogP contribution in [0.2, 0.25) is 0 Å². The average molecular weight is 321 g/mol. The molecule has 7 nitrogen and oxygen atoms in total. The van der Waals surface area contributed by atoms with Gasteiger partial charge < -0.3 is 15.2 Å². The van der Waals surface area contributed by atoms with Crippen molar-refractivity contribution in [3.8, 4) is 0 Å². The van der Waals surface area contributed by atoms with Crippen LogP contribution >= 0.6 is 0 Å². The van der Waals surface area contributed by atoms with Crippen LogP contribution in [0.15, 0.2) is 64.2 Å². The molecule has 1 aromatic carbocycles. The number of hydrogen-bond acceptors (Lipinski definition) is 5. The number of H-pyrrole nitrogens is 1. The molecule has 1 heterocycles. The first kappa shape index (κ1) is 15.5. The molecule has 2 rings (SSSR count). The molecule has 0 aliphatic heterocycles. The number of ketones is 1. The molecule has 0 fully saturated rings. The van der Waals surface area contributed by atoms with Gasteiger partial charge in [-0.2, -0.15) is 0 Å². The molecule has 0 atom stereocenters. The SMILES string of the molecule is O=C(O)/C(O)=C/C(=O)c1ccc(S(=O)(=O)c2ccccc2)[nH]1. The normalized spacial score (nSPS) is 12.1. The minimum atomic E-state index is -3.80. The Bertz CT molecular complexity index is 848. The van der Waals surface area contributed by atoms with Crippen molar-refractivity contribution in [2.24, 2.45) is 0 Å². The summed E-state index contributed by atoms with van der Waals surface area (Å²) in [5, 5.41) is 17.3. The molecule has 0 aliphatic rings. The van der Waals surface area contributed by atoms with E-state index in [1.54, 1.807) is 18.2 Å². The Hall–Kier alpha value is -2.87. The molecule has 0 saturated carbocycles. The number of carbonyl (C=O) groups is 2. The minimum Gasteiger partial charge on any atom is -0.502 e. The first-order chi connectivity index (χ1) is 10.3. The number of carboxylic acids is 1. The molecular weight excluding hydrogens is 310 g/mol. The number of aromatic nitrogens is 1. The lowest BCUT2D eigenvalue weighted by atomic mass is 10.2. The van der Waals surface area contributed by atoms with Crippen molar-refractivity contribution in [3.63, 3.8) is 0 Å². The lowest BCUT2D eigenvalue weighted by Crippen LogP contribution is -2.06. The van der Waals surface area contributed by atoms with Crippen LogP contribution in [-0.4, -0.2) is 35.4 Å². The van der Waals surface area contributed by atoms with E-state index in [2.05, 4.69) is 4.98 Å². The molecule has 0 saturated heterocycles. The van der Waals surface area contributed by atoms with E-state index in [0.29, 0.717) is 6.08 Å². The molecule has 114 valence electrons. The van der Waals surface area contributed by atoms with Gasteiger partial charge in [0.2, 0.25) is 21.4 Å². The molecule has 0 radical (unpaired) electrons. The molecule has 0 unspecified atom stereocenters. The number of aliphatic carboxylic acids is 1. The van der Waals surface area contributed by atoms with Gasteiger partial charge in [0.05, 0.1) is 10.6 Å². The van der Waals surface area contributed by atoms with Crippen LogP contribution in [0, 0.1) is 0 Å². The number of carbonyl (C=O) groups excluding carboxylic acids is 1. The van der Waals surface area contributed by atoms with E-state index in [4.69, 9.17) is 10.2 Å². The van der Waals surface area contributed by atoms with Crippen molar-refractivity contribution in [3.05, 3.63) is 60.0 Å². The Morgan fingerprint density at radius 3 is 2.23 bits per heavy atom. The summed E-state index contributed by atoms with van der Waals surface area (Å²) in [6.07, 6.45) is 0.493. The second-order valence-electron chi connectivity index (χ2n) is 4.25. The van der Waals surface area contributed by atoms with Crippen LogP contribution in [0.3, 0.4) is 0 Å². The quantitative estimate of drug-likeness (QED) is 0.436. The molecular formula is C14H11NO6S. The van der Waals surface area contributed by atoms with Gasteiger partial charge in [-0.1, -0.05) is 18.2 Å². The Labute approximate surface area is 125 Å². The van der Waals surface area contributed by atoms with E-state index in [0.717, 1.165) is 0 Å². The van der Waals surface area contributed by atoms with Crippen LogP contribution in [-0.2, 0) is 14.6 Å². The molecule has 0 spiro atoms. The number of aromatic amines is 1. The average Bonchev–Trinajstić information content (AvgIpc) is 2.98. The molecule has 22 heavy (non-hydrogen) atoms. The van der Waals surface area contributed by atoms with E-state index in [1.807, 2.05) is 0 Å². The Kier molecular flexibility index (Phi) is 4.13. The largest absolute Gasteiger partial charge is 0.502 e. The maximum absolute atomic E-state index is 12.3. The number of rotatable bonds is 5. The van der Waals surface area contributed by atoms with Gasteiger partial charge in [0.25, 0.3) is 0 Å². The van der Waals surface area contributed by atoms with Gasteiger partial charge in [-0.3, -0.25) is 4.79 Å². The third-order valence-electron chi connectivity index (χ3n) is 2.75. The lowest BCUT2D eigenvalue weighted by molar-refractivity contribution is -0.135. The first-order valence-corrected chi connectivity index (χ1v) is 7.48. The van der Waals surface area contributed by atoms with Crippen LogP contribution in [0.25, 0.3) is 0 Å². The first-order valence-electron chi connectivity index (χ1n) is 6.00. The number of carboxylic acid groups (broad SMARTS) is 1. The molecule has 0 bridgehead atoms. The summed E-state index contributed by atoms with van der Waals surface area (Å²) in [6, 6.07) is 10.0. The van der Waals surface area contributed by atoms with Gasteiger partial charge in [0.15, 0.2) is 0 Å². The highest BCUT2D eigenvalue weighted by atomic mass is 32.2. The zero-order chi connectivity index (χ0) is 16.3. The molecule has 8 heteroatoms. The molecule has 3 N–H and O–H groups in total. The number of allylic oxidation sites excluding steroid dienone is 1. The fraction of sp³-hybridized carbons (Fsp3) is 0. The fourth-order valence-electron chi connectivity index (χ4n) is 1.67. The Balaban J connectivity index is 2.35. The van der Waals surface area contributed by atoms with E-state index in [1.165, 1.54) is 24.3 Å². The zero-order valence-electron chi connectivity index (χ0n) is 11.1. The summed E-state index contributed by atoms with van der Waals surface area (Å²) in [5.41, 5.74) is -0.151. The van der Waals surface area contributed by atoms with Crippen molar-refractivity contribution < 1.29 is 28.2 Å². The summed E-state index contributed by atoms with van der Waals surface area (Å²) in [4.78, 5) is 24.6. The molecule has 0 aliphatic carbocycles. The second kappa shape index (κ2) is 5.86.